The minimum atomic E-state index is 0.0425. The van der Waals surface area contributed by atoms with Crippen LogP contribution in [0, 0.1) is 5.92 Å². The Labute approximate surface area is 117 Å². The maximum atomic E-state index is 12.1. The fourth-order valence-electron chi connectivity index (χ4n) is 2.73. The number of rotatable bonds is 3. The highest BCUT2D eigenvalue weighted by Crippen LogP contribution is 2.23. The molecule has 0 bridgehead atoms. The number of amides is 1. The maximum Gasteiger partial charge on any atom is 0.251 e. The summed E-state index contributed by atoms with van der Waals surface area (Å²) in [5, 5.41) is 3.07. The zero-order chi connectivity index (χ0) is 13.1. The van der Waals surface area contributed by atoms with E-state index in [0.717, 1.165) is 22.3 Å². The van der Waals surface area contributed by atoms with E-state index in [1.165, 1.54) is 32.1 Å². The second kappa shape index (κ2) is 5.70. The predicted octanol–water partition coefficient (Wildman–Crippen LogP) is 3.61. The number of benzene rings is 1. The summed E-state index contributed by atoms with van der Waals surface area (Å²) in [7, 11) is 0. The van der Waals surface area contributed by atoms with Crippen LogP contribution in [-0.2, 0) is 0 Å². The van der Waals surface area contributed by atoms with E-state index in [1.807, 2.05) is 23.7 Å². The lowest BCUT2D eigenvalue weighted by molar-refractivity contribution is 0.0943. The standard InChI is InChI=1S/C15H18N2OS/c18-15(16-9-11-4-2-1-3-5-11)12-6-7-13-14(8-12)19-10-17-13/h6-8,10-11H,1-5,9H2,(H,16,18). The van der Waals surface area contributed by atoms with E-state index >= 15 is 0 Å². The van der Waals surface area contributed by atoms with Crippen LogP contribution in [0.2, 0.25) is 0 Å². The number of nitrogens with zero attached hydrogens (tertiary/aromatic N) is 1. The lowest BCUT2D eigenvalue weighted by atomic mass is 9.89. The number of fused-ring (bicyclic) bond motifs is 1. The highest BCUT2D eigenvalue weighted by atomic mass is 32.1. The molecule has 1 amide bonds. The van der Waals surface area contributed by atoms with Gasteiger partial charge in [0.15, 0.2) is 0 Å². The van der Waals surface area contributed by atoms with Crippen LogP contribution in [0.25, 0.3) is 10.2 Å². The summed E-state index contributed by atoms with van der Waals surface area (Å²) in [6.45, 7) is 0.819. The number of carbonyl (C=O) groups excluding carboxylic acids is 1. The summed E-state index contributed by atoms with van der Waals surface area (Å²) in [6.07, 6.45) is 6.50. The molecule has 1 aliphatic carbocycles. The number of hydrogen-bond acceptors (Lipinski definition) is 3. The zero-order valence-corrected chi connectivity index (χ0v) is 11.7. The topological polar surface area (TPSA) is 42.0 Å². The van der Waals surface area contributed by atoms with Gasteiger partial charge in [-0.15, -0.1) is 11.3 Å². The Morgan fingerprint density at radius 1 is 1.32 bits per heavy atom. The summed E-state index contributed by atoms with van der Waals surface area (Å²) >= 11 is 1.57. The fraction of sp³-hybridized carbons (Fsp3) is 0.467. The molecule has 0 saturated heterocycles. The first-order valence-corrected chi connectivity index (χ1v) is 7.82. The van der Waals surface area contributed by atoms with Crippen molar-refractivity contribution in [3.05, 3.63) is 29.3 Å². The first-order chi connectivity index (χ1) is 9.33. The molecule has 2 aromatic rings. The highest BCUT2D eigenvalue weighted by Gasteiger charge is 2.15. The molecule has 4 heteroatoms. The Kier molecular flexibility index (Phi) is 3.78. The van der Waals surface area contributed by atoms with Crippen molar-refractivity contribution >= 4 is 27.5 Å². The molecule has 1 N–H and O–H groups in total. The van der Waals surface area contributed by atoms with Gasteiger partial charge in [0, 0.05) is 12.1 Å². The number of hydrogen-bond donors (Lipinski definition) is 1. The number of carbonyl (C=O) groups is 1. The molecular formula is C15H18N2OS. The van der Waals surface area contributed by atoms with E-state index in [9.17, 15) is 4.79 Å². The van der Waals surface area contributed by atoms with Crippen LogP contribution in [0.4, 0.5) is 0 Å². The van der Waals surface area contributed by atoms with Crippen molar-refractivity contribution < 1.29 is 4.79 Å². The predicted molar refractivity (Wildman–Crippen MR) is 78.5 cm³/mol. The van der Waals surface area contributed by atoms with Crippen molar-refractivity contribution in [2.75, 3.05) is 6.54 Å². The van der Waals surface area contributed by atoms with Gasteiger partial charge in [0.2, 0.25) is 0 Å². The van der Waals surface area contributed by atoms with Crippen molar-refractivity contribution in [3.63, 3.8) is 0 Å². The Hall–Kier alpha value is -1.42. The van der Waals surface area contributed by atoms with Gasteiger partial charge in [0.25, 0.3) is 5.91 Å². The minimum absolute atomic E-state index is 0.0425. The number of aromatic nitrogens is 1. The first kappa shape index (κ1) is 12.6. The molecule has 0 unspecified atom stereocenters. The van der Waals surface area contributed by atoms with Crippen LogP contribution in [0.5, 0.6) is 0 Å². The third kappa shape index (κ3) is 2.95. The molecule has 100 valence electrons. The third-order valence-electron chi connectivity index (χ3n) is 3.87. The van der Waals surface area contributed by atoms with Gasteiger partial charge in [-0.2, -0.15) is 0 Å². The molecule has 0 atom stereocenters. The van der Waals surface area contributed by atoms with Crippen molar-refractivity contribution in [3.8, 4) is 0 Å². The molecule has 19 heavy (non-hydrogen) atoms. The van der Waals surface area contributed by atoms with E-state index in [2.05, 4.69) is 10.3 Å². The lowest BCUT2D eigenvalue weighted by Crippen LogP contribution is -2.30. The van der Waals surface area contributed by atoms with Crippen LogP contribution < -0.4 is 5.32 Å². The molecule has 1 aromatic heterocycles. The normalized spacial score (nSPS) is 16.6. The second-order valence-electron chi connectivity index (χ2n) is 5.25. The summed E-state index contributed by atoms with van der Waals surface area (Å²) in [5.74, 6) is 0.714. The summed E-state index contributed by atoms with van der Waals surface area (Å²) in [6, 6.07) is 5.71. The van der Waals surface area contributed by atoms with Gasteiger partial charge in [-0.1, -0.05) is 19.3 Å². The van der Waals surface area contributed by atoms with Crippen molar-refractivity contribution in [1.29, 1.82) is 0 Å². The Balaban J connectivity index is 1.62. The van der Waals surface area contributed by atoms with Crippen molar-refractivity contribution in [1.82, 2.24) is 10.3 Å². The van der Waals surface area contributed by atoms with Crippen LogP contribution in [0.15, 0.2) is 23.7 Å². The zero-order valence-electron chi connectivity index (χ0n) is 10.9. The molecule has 3 nitrogen and oxygen atoms in total. The molecule has 1 saturated carbocycles. The molecule has 1 heterocycles. The van der Waals surface area contributed by atoms with Gasteiger partial charge in [-0.05, 0) is 37.0 Å². The third-order valence-corrected chi connectivity index (χ3v) is 4.66. The highest BCUT2D eigenvalue weighted by molar-refractivity contribution is 7.16. The Morgan fingerprint density at radius 3 is 3.00 bits per heavy atom. The van der Waals surface area contributed by atoms with E-state index < -0.39 is 0 Å². The molecule has 1 fully saturated rings. The number of thiazole rings is 1. The largest absolute Gasteiger partial charge is 0.352 e. The molecule has 0 aliphatic heterocycles. The molecule has 1 aromatic carbocycles. The minimum Gasteiger partial charge on any atom is -0.352 e. The van der Waals surface area contributed by atoms with Gasteiger partial charge >= 0.3 is 0 Å². The Morgan fingerprint density at radius 2 is 2.16 bits per heavy atom. The molecule has 3 rings (SSSR count). The van der Waals surface area contributed by atoms with E-state index in [0.29, 0.717) is 5.92 Å². The second-order valence-corrected chi connectivity index (χ2v) is 6.14. The molecule has 1 aliphatic rings. The van der Waals surface area contributed by atoms with Crippen LogP contribution in [0.3, 0.4) is 0 Å². The Bertz CT molecular complexity index is 572. The van der Waals surface area contributed by atoms with Gasteiger partial charge < -0.3 is 5.32 Å². The summed E-state index contributed by atoms with van der Waals surface area (Å²) < 4.78 is 1.07. The van der Waals surface area contributed by atoms with Gasteiger partial charge in [-0.25, -0.2) is 4.98 Å². The molecular weight excluding hydrogens is 256 g/mol. The van der Waals surface area contributed by atoms with Gasteiger partial charge in [-0.3, -0.25) is 4.79 Å². The smallest absolute Gasteiger partial charge is 0.251 e. The van der Waals surface area contributed by atoms with Crippen molar-refractivity contribution in [2.45, 2.75) is 32.1 Å². The van der Waals surface area contributed by atoms with Crippen LogP contribution in [-0.4, -0.2) is 17.4 Å². The number of nitrogens with one attached hydrogen (secondary N) is 1. The van der Waals surface area contributed by atoms with Crippen LogP contribution >= 0.6 is 11.3 Å². The van der Waals surface area contributed by atoms with E-state index in [-0.39, 0.29) is 5.91 Å². The van der Waals surface area contributed by atoms with Crippen molar-refractivity contribution in [2.24, 2.45) is 5.92 Å². The first-order valence-electron chi connectivity index (χ1n) is 6.94. The van der Waals surface area contributed by atoms with E-state index in [4.69, 9.17) is 0 Å². The van der Waals surface area contributed by atoms with Gasteiger partial charge in [0.1, 0.15) is 0 Å². The fourth-order valence-corrected chi connectivity index (χ4v) is 3.44. The van der Waals surface area contributed by atoms with Crippen LogP contribution in [0.1, 0.15) is 42.5 Å². The molecule has 0 radical (unpaired) electrons. The summed E-state index contributed by atoms with van der Waals surface area (Å²) in [5.41, 5.74) is 3.52. The molecule has 0 spiro atoms. The summed E-state index contributed by atoms with van der Waals surface area (Å²) in [4.78, 5) is 16.4. The van der Waals surface area contributed by atoms with Gasteiger partial charge in [0.05, 0.1) is 15.7 Å². The SMILES string of the molecule is O=C(NCC1CCCCC1)c1ccc2ncsc2c1. The average Bonchev–Trinajstić information content (AvgIpc) is 2.93. The lowest BCUT2D eigenvalue weighted by Gasteiger charge is -2.21. The quantitative estimate of drug-likeness (QED) is 0.929. The maximum absolute atomic E-state index is 12.1. The van der Waals surface area contributed by atoms with E-state index in [1.54, 1.807) is 11.3 Å². The monoisotopic (exact) mass is 274 g/mol. The average molecular weight is 274 g/mol.